The van der Waals surface area contributed by atoms with Gasteiger partial charge >= 0.3 is 0 Å². The normalized spacial score (nSPS) is 15.6. The van der Waals surface area contributed by atoms with Crippen molar-refractivity contribution >= 4 is 5.78 Å². The van der Waals surface area contributed by atoms with E-state index >= 15 is 0 Å². The van der Waals surface area contributed by atoms with E-state index in [-0.39, 0.29) is 5.78 Å². The maximum Gasteiger partial charge on any atom is 0.236 e. The van der Waals surface area contributed by atoms with Crippen LogP contribution in [-0.2, 0) is 0 Å². The molecular formula is C17H19NO. The number of rotatable bonds is 2. The van der Waals surface area contributed by atoms with Crippen molar-refractivity contribution < 1.29 is 4.79 Å². The molecule has 1 fully saturated rings. The first kappa shape index (κ1) is 13.4. The van der Waals surface area contributed by atoms with E-state index in [2.05, 4.69) is 23.7 Å². The second-order valence-corrected chi connectivity index (χ2v) is 4.80. The van der Waals surface area contributed by atoms with Gasteiger partial charge in [0.25, 0.3) is 0 Å². The largest absolute Gasteiger partial charge is 0.375 e. The highest BCUT2D eigenvalue weighted by Gasteiger charge is 2.09. The third kappa shape index (κ3) is 3.99. The van der Waals surface area contributed by atoms with Gasteiger partial charge in [-0.1, -0.05) is 36.3 Å². The second kappa shape index (κ2) is 6.80. The molecule has 0 amide bonds. The van der Waals surface area contributed by atoms with Crippen molar-refractivity contribution in [2.45, 2.75) is 26.2 Å². The molecule has 0 aliphatic carbocycles. The van der Waals surface area contributed by atoms with Crippen LogP contribution in [0, 0.1) is 11.8 Å². The van der Waals surface area contributed by atoms with Gasteiger partial charge in [-0.15, -0.1) is 0 Å². The van der Waals surface area contributed by atoms with Crippen LogP contribution in [0.2, 0.25) is 0 Å². The topological polar surface area (TPSA) is 20.3 Å². The molecule has 1 heterocycles. The number of hydrogen-bond donors (Lipinski definition) is 0. The first-order valence-electron chi connectivity index (χ1n) is 6.80. The lowest BCUT2D eigenvalue weighted by atomic mass is 10.1. The lowest BCUT2D eigenvalue weighted by Crippen LogP contribution is -2.27. The summed E-state index contributed by atoms with van der Waals surface area (Å²) in [6.07, 6.45) is 5.68. The molecule has 0 bridgehead atoms. The molecule has 19 heavy (non-hydrogen) atoms. The Hall–Kier alpha value is -2.01. The van der Waals surface area contributed by atoms with E-state index < -0.39 is 0 Å². The Labute approximate surface area is 115 Å². The highest BCUT2D eigenvalue weighted by atomic mass is 16.1. The van der Waals surface area contributed by atoms with Crippen molar-refractivity contribution in [1.29, 1.82) is 0 Å². The average Bonchev–Trinajstić information content (AvgIpc) is 2.49. The molecule has 0 atom stereocenters. The average molecular weight is 253 g/mol. The molecule has 0 N–H and O–H groups in total. The van der Waals surface area contributed by atoms with Crippen molar-refractivity contribution in [2.75, 3.05) is 13.1 Å². The zero-order valence-electron chi connectivity index (χ0n) is 11.4. The van der Waals surface area contributed by atoms with Crippen LogP contribution in [-0.4, -0.2) is 23.8 Å². The van der Waals surface area contributed by atoms with Crippen LogP contribution in [0.1, 0.15) is 36.5 Å². The standard InChI is InChI=1S/C17H19NO/c1-15(18-13-6-3-7-14-18)9-8-12-17(19)16-10-4-2-5-11-16/h2,4-5,9-11H,3,6-7,13-14H2,1H3. The summed E-state index contributed by atoms with van der Waals surface area (Å²) in [5, 5.41) is 0. The maximum absolute atomic E-state index is 11.8. The van der Waals surface area contributed by atoms with Gasteiger partial charge in [-0.25, -0.2) is 0 Å². The molecule has 0 spiro atoms. The molecule has 0 radical (unpaired) electrons. The number of Topliss-reactive ketones (excluding diaryl/α,β-unsaturated/α-hetero) is 1. The molecule has 2 nitrogen and oxygen atoms in total. The van der Waals surface area contributed by atoms with Crippen LogP contribution >= 0.6 is 0 Å². The van der Waals surface area contributed by atoms with Gasteiger partial charge in [0, 0.05) is 30.4 Å². The van der Waals surface area contributed by atoms with Gasteiger partial charge in [-0.05, 0) is 32.1 Å². The van der Waals surface area contributed by atoms with E-state index in [0.717, 1.165) is 18.8 Å². The fourth-order valence-electron chi connectivity index (χ4n) is 2.21. The number of carbonyl (C=O) groups excluding carboxylic acids is 1. The van der Waals surface area contributed by atoms with E-state index in [1.165, 1.54) is 19.3 Å². The summed E-state index contributed by atoms with van der Waals surface area (Å²) in [5.74, 6) is 5.43. The molecule has 1 aliphatic rings. The predicted molar refractivity (Wildman–Crippen MR) is 77.7 cm³/mol. The number of nitrogens with zero attached hydrogens (tertiary/aromatic N) is 1. The first-order valence-corrected chi connectivity index (χ1v) is 6.80. The lowest BCUT2D eigenvalue weighted by molar-refractivity contribution is 0.105. The summed E-state index contributed by atoms with van der Waals surface area (Å²) in [7, 11) is 0. The number of carbonyl (C=O) groups is 1. The van der Waals surface area contributed by atoms with E-state index in [0.29, 0.717) is 5.56 Å². The van der Waals surface area contributed by atoms with E-state index in [4.69, 9.17) is 0 Å². The smallest absolute Gasteiger partial charge is 0.236 e. The SMILES string of the molecule is CC(=CC#CC(=O)c1ccccc1)N1CCCCC1. The third-order valence-corrected chi connectivity index (χ3v) is 3.36. The number of ketones is 1. The van der Waals surface area contributed by atoms with E-state index in [1.54, 1.807) is 12.1 Å². The lowest BCUT2D eigenvalue weighted by Gasteiger charge is -2.28. The molecule has 1 saturated heterocycles. The van der Waals surface area contributed by atoms with Gasteiger partial charge in [0.1, 0.15) is 0 Å². The number of piperidine rings is 1. The van der Waals surface area contributed by atoms with Crippen molar-refractivity contribution in [3.05, 3.63) is 47.7 Å². The molecular weight excluding hydrogens is 234 g/mol. The van der Waals surface area contributed by atoms with Gasteiger partial charge in [-0.3, -0.25) is 4.79 Å². The number of benzene rings is 1. The fourth-order valence-corrected chi connectivity index (χ4v) is 2.21. The Bertz CT molecular complexity index is 513. The van der Waals surface area contributed by atoms with Gasteiger partial charge in [0.15, 0.2) is 0 Å². The van der Waals surface area contributed by atoms with Crippen LogP contribution in [0.25, 0.3) is 0 Å². The third-order valence-electron chi connectivity index (χ3n) is 3.36. The number of allylic oxidation sites excluding steroid dienone is 2. The Kier molecular flexibility index (Phi) is 4.80. The van der Waals surface area contributed by atoms with Crippen LogP contribution in [0.5, 0.6) is 0 Å². The second-order valence-electron chi connectivity index (χ2n) is 4.80. The summed E-state index contributed by atoms with van der Waals surface area (Å²) in [6.45, 7) is 4.28. The summed E-state index contributed by atoms with van der Waals surface area (Å²) < 4.78 is 0. The Morgan fingerprint density at radius 3 is 2.53 bits per heavy atom. The molecule has 1 aromatic carbocycles. The van der Waals surface area contributed by atoms with Gasteiger partial charge in [0.2, 0.25) is 5.78 Å². The zero-order chi connectivity index (χ0) is 13.5. The summed E-state index contributed by atoms with van der Waals surface area (Å²) in [4.78, 5) is 14.1. The quantitative estimate of drug-likeness (QED) is 0.458. The first-order chi connectivity index (χ1) is 9.27. The van der Waals surface area contributed by atoms with Crippen LogP contribution in [0.4, 0.5) is 0 Å². The number of hydrogen-bond acceptors (Lipinski definition) is 2. The molecule has 1 aliphatic heterocycles. The van der Waals surface area contributed by atoms with Crippen LogP contribution in [0.3, 0.4) is 0 Å². The minimum atomic E-state index is -0.122. The van der Waals surface area contributed by atoms with Gasteiger partial charge < -0.3 is 4.90 Å². The minimum Gasteiger partial charge on any atom is -0.375 e. The molecule has 1 aromatic rings. The molecule has 2 heteroatoms. The Balaban J connectivity index is 1.98. The maximum atomic E-state index is 11.8. The fraction of sp³-hybridized carbons (Fsp3) is 0.353. The van der Waals surface area contributed by atoms with Crippen LogP contribution < -0.4 is 0 Å². The van der Waals surface area contributed by atoms with Crippen LogP contribution in [0.15, 0.2) is 42.1 Å². The minimum absolute atomic E-state index is 0.122. The molecule has 2 rings (SSSR count). The van der Waals surface area contributed by atoms with Crippen molar-refractivity contribution in [1.82, 2.24) is 4.90 Å². The number of likely N-dealkylation sites (tertiary alicyclic amines) is 1. The van der Waals surface area contributed by atoms with Crippen molar-refractivity contribution in [2.24, 2.45) is 0 Å². The van der Waals surface area contributed by atoms with Crippen molar-refractivity contribution in [3.8, 4) is 11.8 Å². The Morgan fingerprint density at radius 1 is 1.16 bits per heavy atom. The molecule has 0 aromatic heterocycles. The van der Waals surface area contributed by atoms with E-state index in [9.17, 15) is 4.79 Å². The van der Waals surface area contributed by atoms with Gasteiger partial charge in [-0.2, -0.15) is 0 Å². The summed E-state index contributed by atoms with van der Waals surface area (Å²) in [6, 6.07) is 9.18. The van der Waals surface area contributed by atoms with Gasteiger partial charge in [0.05, 0.1) is 0 Å². The monoisotopic (exact) mass is 253 g/mol. The summed E-state index contributed by atoms with van der Waals surface area (Å²) >= 11 is 0. The molecule has 98 valence electrons. The predicted octanol–water partition coefficient (Wildman–Crippen LogP) is 3.26. The van der Waals surface area contributed by atoms with E-state index in [1.807, 2.05) is 24.3 Å². The molecule has 0 unspecified atom stereocenters. The molecule has 0 saturated carbocycles. The van der Waals surface area contributed by atoms with Crippen molar-refractivity contribution in [3.63, 3.8) is 0 Å². The highest BCUT2D eigenvalue weighted by Crippen LogP contribution is 2.13. The Morgan fingerprint density at radius 2 is 1.84 bits per heavy atom. The highest BCUT2D eigenvalue weighted by molar-refractivity contribution is 6.09. The zero-order valence-corrected chi connectivity index (χ0v) is 11.4. The summed E-state index contributed by atoms with van der Waals surface area (Å²) in [5.41, 5.74) is 1.81.